The first kappa shape index (κ1) is 14.1. The first-order chi connectivity index (χ1) is 9.95. The second kappa shape index (κ2) is 5.15. The fraction of sp³-hybridized carbons (Fsp3) is 0.500. The molecule has 2 aliphatic rings. The van der Waals surface area contributed by atoms with Crippen LogP contribution in [0.25, 0.3) is 0 Å². The molecule has 0 radical (unpaired) electrons. The predicted octanol–water partition coefficient (Wildman–Crippen LogP) is 1.20. The molecular weight excluding hydrogens is 266 g/mol. The maximum Gasteiger partial charge on any atom is 0.253 e. The monoisotopic (exact) mass is 287 g/mol. The molecule has 5 heteroatoms. The Balaban J connectivity index is 1.78. The molecule has 2 unspecified atom stereocenters. The van der Waals surface area contributed by atoms with E-state index in [0.29, 0.717) is 23.9 Å². The molecule has 1 aromatic rings. The summed E-state index contributed by atoms with van der Waals surface area (Å²) in [7, 11) is 4.11. The number of likely N-dealkylation sites (tertiary alicyclic amines) is 1. The third-order valence-electron chi connectivity index (χ3n) is 4.50. The van der Waals surface area contributed by atoms with Gasteiger partial charge in [-0.1, -0.05) is 6.92 Å². The molecule has 1 aromatic carbocycles. The largest absolute Gasteiger partial charge is 0.337 e. The van der Waals surface area contributed by atoms with Crippen molar-refractivity contribution in [3.63, 3.8) is 0 Å². The first-order valence-electron chi connectivity index (χ1n) is 7.34. The molecular formula is C16H21N3O2. The van der Waals surface area contributed by atoms with Gasteiger partial charge in [0, 0.05) is 30.4 Å². The zero-order valence-electron chi connectivity index (χ0n) is 12.7. The lowest BCUT2D eigenvalue weighted by Crippen LogP contribution is -2.35. The number of anilines is 1. The van der Waals surface area contributed by atoms with Gasteiger partial charge in [-0.05, 0) is 43.8 Å². The van der Waals surface area contributed by atoms with Gasteiger partial charge in [0.25, 0.3) is 5.91 Å². The van der Waals surface area contributed by atoms with Crippen LogP contribution < -0.4 is 5.32 Å². The van der Waals surface area contributed by atoms with Crippen molar-refractivity contribution in [3.8, 4) is 0 Å². The van der Waals surface area contributed by atoms with Crippen LogP contribution in [-0.2, 0) is 11.2 Å². The van der Waals surface area contributed by atoms with Gasteiger partial charge in [0.2, 0.25) is 5.91 Å². The van der Waals surface area contributed by atoms with E-state index in [2.05, 4.69) is 31.2 Å². The zero-order chi connectivity index (χ0) is 15.1. The molecule has 2 aliphatic heterocycles. The highest BCUT2D eigenvalue weighted by atomic mass is 16.2. The SMILES string of the molecule is CC1CN(C(=O)c2ccc3c(c2)CC(=O)N3)CC1N(C)C. The number of rotatable bonds is 2. The van der Waals surface area contributed by atoms with E-state index in [0.717, 1.165) is 24.3 Å². The lowest BCUT2D eigenvalue weighted by molar-refractivity contribution is -0.115. The Morgan fingerprint density at radius 1 is 1.33 bits per heavy atom. The second-order valence-corrected chi connectivity index (χ2v) is 6.32. The van der Waals surface area contributed by atoms with E-state index < -0.39 is 0 Å². The van der Waals surface area contributed by atoms with E-state index >= 15 is 0 Å². The number of fused-ring (bicyclic) bond motifs is 1. The van der Waals surface area contributed by atoms with E-state index in [1.54, 1.807) is 6.07 Å². The van der Waals surface area contributed by atoms with E-state index in [4.69, 9.17) is 0 Å². The maximum atomic E-state index is 12.6. The summed E-state index contributed by atoms with van der Waals surface area (Å²) in [5.41, 5.74) is 2.43. The van der Waals surface area contributed by atoms with Crippen molar-refractivity contribution in [3.05, 3.63) is 29.3 Å². The van der Waals surface area contributed by atoms with E-state index in [1.807, 2.05) is 17.0 Å². The lowest BCUT2D eigenvalue weighted by atomic mass is 10.1. The molecule has 1 N–H and O–H groups in total. The highest BCUT2D eigenvalue weighted by Crippen LogP contribution is 2.26. The van der Waals surface area contributed by atoms with Crippen LogP contribution in [0.1, 0.15) is 22.8 Å². The number of hydrogen-bond donors (Lipinski definition) is 1. The van der Waals surface area contributed by atoms with Crippen molar-refractivity contribution in [1.29, 1.82) is 0 Å². The van der Waals surface area contributed by atoms with Crippen LogP contribution in [-0.4, -0.2) is 54.8 Å². The van der Waals surface area contributed by atoms with Gasteiger partial charge in [-0.3, -0.25) is 9.59 Å². The smallest absolute Gasteiger partial charge is 0.253 e. The molecule has 0 spiro atoms. The number of likely N-dealkylation sites (N-methyl/N-ethyl adjacent to an activating group) is 1. The van der Waals surface area contributed by atoms with Crippen LogP contribution in [0.15, 0.2) is 18.2 Å². The fourth-order valence-electron chi connectivity index (χ4n) is 3.33. The van der Waals surface area contributed by atoms with Gasteiger partial charge in [0.05, 0.1) is 6.42 Å². The third-order valence-corrected chi connectivity index (χ3v) is 4.50. The third kappa shape index (κ3) is 2.53. The van der Waals surface area contributed by atoms with Crippen molar-refractivity contribution < 1.29 is 9.59 Å². The molecule has 0 aromatic heterocycles. The Labute approximate surface area is 124 Å². The van der Waals surface area contributed by atoms with Crippen LogP contribution >= 0.6 is 0 Å². The highest BCUT2D eigenvalue weighted by molar-refractivity contribution is 6.01. The second-order valence-electron chi connectivity index (χ2n) is 6.32. The van der Waals surface area contributed by atoms with Gasteiger partial charge in [-0.25, -0.2) is 0 Å². The number of benzene rings is 1. The van der Waals surface area contributed by atoms with Gasteiger partial charge in [0.15, 0.2) is 0 Å². The molecule has 3 rings (SSSR count). The van der Waals surface area contributed by atoms with Crippen LogP contribution in [0.5, 0.6) is 0 Å². The fourth-order valence-corrected chi connectivity index (χ4v) is 3.33. The Kier molecular flexibility index (Phi) is 3.45. The van der Waals surface area contributed by atoms with Gasteiger partial charge >= 0.3 is 0 Å². The molecule has 1 fully saturated rings. The maximum absolute atomic E-state index is 12.6. The minimum atomic E-state index is -0.00272. The summed E-state index contributed by atoms with van der Waals surface area (Å²) < 4.78 is 0. The van der Waals surface area contributed by atoms with Gasteiger partial charge in [0.1, 0.15) is 0 Å². The summed E-state index contributed by atoms with van der Waals surface area (Å²) in [6, 6.07) is 5.90. The van der Waals surface area contributed by atoms with Crippen molar-refractivity contribution in [1.82, 2.24) is 9.80 Å². The molecule has 2 heterocycles. The van der Waals surface area contributed by atoms with Crippen molar-refractivity contribution in [2.24, 2.45) is 5.92 Å². The van der Waals surface area contributed by atoms with Crippen LogP contribution in [0, 0.1) is 5.92 Å². The van der Waals surface area contributed by atoms with Crippen molar-refractivity contribution in [2.75, 3.05) is 32.5 Å². The number of carbonyl (C=O) groups is 2. The van der Waals surface area contributed by atoms with Crippen LogP contribution in [0.2, 0.25) is 0 Å². The Hall–Kier alpha value is -1.88. The minimum Gasteiger partial charge on any atom is -0.337 e. The number of amides is 2. The Bertz CT molecular complexity index is 597. The Morgan fingerprint density at radius 2 is 2.10 bits per heavy atom. The molecule has 0 aliphatic carbocycles. The van der Waals surface area contributed by atoms with Crippen molar-refractivity contribution >= 4 is 17.5 Å². The van der Waals surface area contributed by atoms with Crippen molar-refractivity contribution in [2.45, 2.75) is 19.4 Å². The van der Waals surface area contributed by atoms with E-state index in [1.165, 1.54) is 0 Å². The van der Waals surface area contributed by atoms with Gasteiger partial charge < -0.3 is 15.1 Å². The summed E-state index contributed by atoms with van der Waals surface area (Å²) in [4.78, 5) is 28.1. The molecule has 112 valence electrons. The number of nitrogens with zero attached hydrogens (tertiary/aromatic N) is 2. The molecule has 2 atom stereocenters. The molecule has 21 heavy (non-hydrogen) atoms. The standard InChI is InChI=1S/C16H21N3O2/c1-10-8-19(9-14(10)18(2)3)16(21)11-4-5-13-12(6-11)7-15(20)17-13/h4-6,10,14H,7-9H2,1-3H3,(H,17,20). The van der Waals surface area contributed by atoms with Crippen LogP contribution in [0.3, 0.4) is 0 Å². The summed E-state index contributed by atoms with van der Waals surface area (Å²) in [6.45, 7) is 3.74. The normalized spacial score (nSPS) is 24.4. The van der Waals surface area contributed by atoms with Gasteiger partial charge in [-0.15, -0.1) is 0 Å². The summed E-state index contributed by atoms with van der Waals surface area (Å²) in [6.07, 6.45) is 0.368. The predicted molar refractivity (Wildman–Crippen MR) is 81.3 cm³/mol. The minimum absolute atomic E-state index is 0.00272. The molecule has 2 amide bonds. The van der Waals surface area contributed by atoms with Crippen LogP contribution in [0.4, 0.5) is 5.69 Å². The summed E-state index contributed by atoms with van der Waals surface area (Å²) in [5.74, 6) is 0.534. The summed E-state index contributed by atoms with van der Waals surface area (Å²) in [5, 5.41) is 2.79. The van der Waals surface area contributed by atoms with E-state index in [-0.39, 0.29) is 11.8 Å². The highest BCUT2D eigenvalue weighted by Gasteiger charge is 2.34. The molecule has 5 nitrogen and oxygen atoms in total. The Morgan fingerprint density at radius 3 is 2.76 bits per heavy atom. The average molecular weight is 287 g/mol. The van der Waals surface area contributed by atoms with Gasteiger partial charge in [-0.2, -0.15) is 0 Å². The number of hydrogen-bond acceptors (Lipinski definition) is 3. The molecule has 0 bridgehead atoms. The quantitative estimate of drug-likeness (QED) is 0.889. The number of nitrogens with one attached hydrogen (secondary N) is 1. The topological polar surface area (TPSA) is 52.7 Å². The number of carbonyl (C=O) groups excluding carboxylic acids is 2. The summed E-state index contributed by atoms with van der Waals surface area (Å²) >= 11 is 0. The zero-order valence-corrected chi connectivity index (χ0v) is 12.7. The lowest BCUT2D eigenvalue weighted by Gasteiger charge is -2.22. The molecule has 1 saturated heterocycles. The average Bonchev–Trinajstić information content (AvgIpc) is 2.98. The first-order valence-corrected chi connectivity index (χ1v) is 7.34. The molecule has 0 saturated carbocycles. The van der Waals surface area contributed by atoms with E-state index in [9.17, 15) is 9.59 Å².